The molecule has 2 amide bonds. The van der Waals surface area contributed by atoms with Gasteiger partial charge in [0.05, 0.1) is 11.0 Å². The van der Waals surface area contributed by atoms with E-state index in [4.69, 9.17) is 9.47 Å². The number of benzene rings is 1. The fraction of sp³-hybridized carbons (Fsp3) is 0.778. The molecule has 0 aliphatic heterocycles. The third kappa shape index (κ3) is 23.2. The third-order valence-electron chi connectivity index (χ3n) is 8.14. The van der Waals surface area contributed by atoms with Crippen LogP contribution in [0.25, 0.3) is 0 Å². The molecule has 9 nitrogen and oxygen atoms in total. The normalized spacial score (nSPS) is 10.9. The van der Waals surface area contributed by atoms with Gasteiger partial charge in [0.25, 0.3) is 5.69 Å². The molecular weight excluding hydrogens is 570 g/mol. The second kappa shape index (κ2) is 28.6. The highest BCUT2D eigenvalue weighted by Crippen LogP contribution is 2.31. The molecule has 2 N–H and O–H groups in total. The maximum absolute atomic E-state index is 12.4. The zero-order chi connectivity index (χ0) is 32.8. The van der Waals surface area contributed by atoms with Gasteiger partial charge in [-0.3, -0.25) is 10.1 Å². The highest BCUT2D eigenvalue weighted by atomic mass is 16.6. The molecule has 0 atom stereocenters. The van der Waals surface area contributed by atoms with E-state index < -0.39 is 17.1 Å². The van der Waals surface area contributed by atoms with Gasteiger partial charge in [0, 0.05) is 19.2 Å². The van der Waals surface area contributed by atoms with Crippen molar-refractivity contribution in [3.63, 3.8) is 0 Å². The number of carbonyl (C=O) groups excluding carboxylic acids is 2. The number of rotatable bonds is 29. The van der Waals surface area contributed by atoms with Gasteiger partial charge in [0.2, 0.25) is 0 Å². The summed E-state index contributed by atoms with van der Waals surface area (Å²) in [6.07, 6.45) is 28.1. The Kier molecular flexibility index (Phi) is 25.6. The van der Waals surface area contributed by atoms with Crippen LogP contribution in [0.4, 0.5) is 15.3 Å². The maximum atomic E-state index is 12.4. The van der Waals surface area contributed by atoms with Crippen LogP contribution in [0.15, 0.2) is 18.2 Å². The van der Waals surface area contributed by atoms with E-state index in [0.29, 0.717) is 13.1 Å². The van der Waals surface area contributed by atoms with Gasteiger partial charge < -0.3 is 20.1 Å². The summed E-state index contributed by atoms with van der Waals surface area (Å²) in [7, 11) is 0. The molecule has 0 spiro atoms. The van der Waals surface area contributed by atoms with Crippen molar-refractivity contribution in [1.29, 1.82) is 0 Å². The van der Waals surface area contributed by atoms with Gasteiger partial charge in [0.15, 0.2) is 11.5 Å². The van der Waals surface area contributed by atoms with E-state index in [0.717, 1.165) is 44.6 Å². The van der Waals surface area contributed by atoms with E-state index in [-0.39, 0.29) is 17.2 Å². The third-order valence-corrected chi connectivity index (χ3v) is 8.14. The molecule has 0 heterocycles. The van der Waals surface area contributed by atoms with Crippen LogP contribution in [-0.2, 0) is 0 Å². The average Bonchev–Trinajstić information content (AvgIpc) is 3.02. The summed E-state index contributed by atoms with van der Waals surface area (Å²) in [6, 6.07) is 3.58. The van der Waals surface area contributed by atoms with Gasteiger partial charge in [-0.15, -0.1) is 0 Å². The van der Waals surface area contributed by atoms with Gasteiger partial charge in [-0.05, 0) is 18.9 Å². The predicted octanol–water partition coefficient (Wildman–Crippen LogP) is 11.2. The second-order valence-corrected chi connectivity index (χ2v) is 12.3. The van der Waals surface area contributed by atoms with Crippen LogP contribution in [0.5, 0.6) is 11.5 Å². The molecule has 0 bridgehead atoms. The van der Waals surface area contributed by atoms with Crippen LogP contribution < -0.4 is 20.1 Å². The Morgan fingerprint density at radius 2 is 0.889 bits per heavy atom. The fourth-order valence-electron chi connectivity index (χ4n) is 5.36. The quantitative estimate of drug-likeness (QED) is 0.0514. The Labute approximate surface area is 273 Å². The SMILES string of the molecule is CCCCCCCCCCCCCCNC(=O)Oc1ccc([N+](=O)[O-])cc1OC(=O)NCCCCCCCCCCCCCC. The first-order valence-electron chi connectivity index (χ1n) is 18.2. The summed E-state index contributed by atoms with van der Waals surface area (Å²) in [5, 5.41) is 16.7. The molecule has 0 saturated heterocycles. The first-order valence-corrected chi connectivity index (χ1v) is 18.2. The summed E-state index contributed by atoms with van der Waals surface area (Å²) >= 11 is 0. The number of non-ortho nitro benzene ring substituents is 1. The van der Waals surface area contributed by atoms with Crippen molar-refractivity contribution in [2.45, 2.75) is 168 Å². The summed E-state index contributed by atoms with van der Waals surface area (Å²) in [5.74, 6) is -0.217. The zero-order valence-electron chi connectivity index (χ0n) is 28.5. The molecule has 1 aromatic carbocycles. The number of nitrogens with one attached hydrogen (secondary N) is 2. The van der Waals surface area contributed by atoms with Crippen LogP contribution >= 0.6 is 0 Å². The lowest BCUT2D eigenvalue weighted by atomic mass is 10.1. The minimum atomic E-state index is -0.736. The lowest BCUT2D eigenvalue weighted by Gasteiger charge is -2.12. The van der Waals surface area contributed by atoms with Crippen LogP contribution in [0, 0.1) is 10.1 Å². The van der Waals surface area contributed by atoms with Gasteiger partial charge >= 0.3 is 12.2 Å². The second-order valence-electron chi connectivity index (χ2n) is 12.3. The van der Waals surface area contributed by atoms with Gasteiger partial charge in [-0.25, -0.2) is 9.59 Å². The molecular formula is C36H63N3O6. The first kappa shape index (κ1) is 40.2. The molecule has 0 aliphatic rings. The monoisotopic (exact) mass is 633 g/mol. The maximum Gasteiger partial charge on any atom is 0.412 e. The Morgan fingerprint density at radius 1 is 0.556 bits per heavy atom. The van der Waals surface area contributed by atoms with Crippen LogP contribution in [0.1, 0.15) is 168 Å². The molecule has 1 aromatic rings. The van der Waals surface area contributed by atoms with Crippen molar-refractivity contribution in [3.05, 3.63) is 28.3 Å². The Balaban J connectivity index is 2.24. The molecule has 1 rings (SSSR count). The van der Waals surface area contributed by atoms with Crippen LogP contribution in [0.2, 0.25) is 0 Å². The molecule has 9 heteroatoms. The van der Waals surface area contributed by atoms with E-state index in [1.165, 1.54) is 128 Å². The first-order chi connectivity index (χ1) is 22.0. The minimum absolute atomic E-state index is 0.0479. The van der Waals surface area contributed by atoms with Gasteiger partial charge in [-0.2, -0.15) is 0 Å². The Hall–Kier alpha value is -2.84. The topological polar surface area (TPSA) is 120 Å². The highest BCUT2D eigenvalue weighted by Gasteiger charge is 2.18. The molecule has 45 heavy (non-hydrogen) atoms. The minimum Gasteiger partial charge on any atom is -0.406 e. The van der Waals surface area contributed by atoms with E-state index in [1.54, 1.807) is 0 Å². The largest absolute Gasteiger partial charge is 0.412 e. The molecule has 0 saturated carbocycles. The molecule has 0 aliphatic carbocycles. The van der Waals surface area contributed by atoms with Gasteiger partial charge in [-0.1, -0.05) is 155 Å². The molecule has 0 radical (unpaired) electrons. The molecule has 0 fully saturated rings. The van der Waals surface area contributed by atoms with Crippen molar-refractivity contribution < 1.29 is 24.0 Å². The van der Waals surface area contributed by atoms with Crippen molar-refractivity contribution >= 4 is 17.9 Å². The van der Waals surface area contributed by atoms with E-state index in [1.807, 2.05) is 0 Å². The fourth-order valence-corrected chi connectivity index (χ4v) is 5.36. The highest BCUT2D eigenvalue weighted by molar-refractivity contribution is 5.75. The number of carbonyl (C=O) groups is 2. The standard InChI is InChI=1S/C36H63N3O6/c1-3-5-7-9-11-13-15-17-19-21-23-25-29-37-35(40)44-33-28-27-32(39(42)43)31-34(33)45-36(41)38-30-26-24-22-20-18-16-14-12-10-8-6-4-2/h27-28,31H,3-26,29-30H2,1-2H3,(H,37,40)(H,38,41). The zero-order valence-corrected chi connectivity index (χ0v) is 28.5. The van der Waals surface area contributed by atoms with Crippen molar-refractivity contribution in [2.75, 3.05) is 13.1 Å². The number of ether oxygens (including phenoxy) is 2. The number of nitro benzene ring substituents is 1. The lowest BCUT2D eigenvalue weighted by Crippen LogP contribution is -2.29. The number of hydrogen-bond acceptors (Lipinski definition) is 6. The molecule has 0 aromatic heterocycles. The summed E-state index contributed by atoms with van der Waals surface area (Å²) in [4.78, 5) is 35.4. The van der Waals surface area contributed by atoms with Crippen molar-refractivity contribution in [1.82, 2.24) is 10.6 Å². The molecule has 258 valence electrons. The smallest absolute Gasteiger partial charge is 0.406 e. The number of nitro groups is 1. The predicted molar refractivity (Wildman–Crippen MR) is 183 cm³/mol. The Morgan fingerprint density at radius 3 is 1.24 bits per heavy atom. The van der Waals surface area contributed by atoms with Crippen molar-refractivity contribution in [3.8, 4) is 11.5 Å². The van der Waals surface area contributed by atoms with E-state index >= 15 is 0 Å². The lowest BCUT2D eigenvalue weighted by molar-refractivity contribution is -0.384. The summed E-state index contributed by atoms with van der Waals surface area (Å²) in [6.45, 7) is 5.40. The van der Waals surface area contributed by atoms with Crippen LogP contribution in [0.3, 0.4) is 0 Å². The number of unbranched alkanes of at least 4 members (excludes halogenated alkanes) is 22. The van der Waals surface area contributed by atoms with Gasteiger partial charge in [0.1, 0.15) is 0 Å². The van der Waals surface area contributed by atoms with Crippen molar-refractivity contribution in [2.24, 2.45) is 0 Å². The number of hydrogen-bond donors (Lipinski definition) is 2. The average molecular weight is 634 g/mol. The summed E-state index contributed by atoms with van der Waals surface area (Å²) < 4.78 is 10.6. The number of amides is 2. The molecule has 0 unspecified atom stereocenters. The van der Waals surface area contributed by atoms with Crippen LogP contribution in [-0.4, -0.2) is 30.2 Å². The van der Waals surface area contributed by atoms with E-state index in [9.17, 15) is 19.7 Å². The summed E-state index contributed by atoms with van der Waals surface area (Å²) in [5.41, 5.74) is -0.261. The van der Waals surface area contributed by atoms with E-state index in [2.05, 4.69) is 24.5 Å². The Bertz CT molecular complexity index is 911. The number of nitrogens with zero attached hydrogens (tertiary/aromatic N) is 1.